The van der Waals surface area contributed by atoms with Gasteiger partial charge in [0.15, 0.2) is 0 Å². The van der Waals surface area contributed by atoms with Crippen LogP contribution < -0.4 is 4.72 Å². The van der Waals surface area contributed by atoms with Crippen LogP contribution in [0.25, 0.3) is 16.7 Å². The number of rotatable bonds is 8. The first-order valence-corrected chi connectivity index (χ1v) is 11.3. The van der Waals surface area contributed by atoms with Crippen LogP contribution in [0.5, 0.6) is 0 Å². The minimum Gasteiger partial charge on any atom is -0.449 e. The van der Waals surface area contributed by atoms with Gasteiger partial charge in [-0.05, 0) is 44.0 Å². The molecule has 0 aliphatic carbocycles. The van der Waals surface area contributed by atoms with Gasteiger partial charge in [0.1, 0.15) is 11.6 Å². The minimum atomic E-state index is -3.88. The maximum absolute atomic E-state index is 13.5. The highest BCUT2D eigenvalue weighted by Crippen LogP contribution is 2.25. The average Bonchev–Trinajstić information content (AvgIpc) is 3.18. The highest BCUT2D eigenvalue weighted by molar-refractivity contribution is 7.90. The van der Waals surface area contributed by atoms with Crippen LogP contribution in [0, 0.1) is 12.7 Å². The highest BCUT2D eigenvalue weighted by Gasteiger charge is 2.21. The molecule has 0 unspecified atom stereocenters. The van der Waals surface area contributed by atoms with Crippen LogP contribution in [0.3, 0.4) is 0 Å². The van der Waals surface area contributed by atoms with Gasteiger partial charge in [0.25, 0.3) is 0 Å². The first kappa shape index (κ1) is 21.8. The van der Waals surface area contributed by atoms with E-state index in [1.54, 1.807) is 37.0 Å². The molecule has 10 heteroatoms. The fourth-order valence-corrected chi connectivity index (χ4v) is 4.22. The summed E-state index contributed by atoms with van der Waals surface area (Å²) in [4.78, 5) is 11.7. The minimum absolute atomic E-state index is 0.146. The molecule has 2 aromatic heterocycles. The topological polar surface area (TPSA) is 95.2 Å². The Bertz CT molecular complexity index is 1170. The molecule has 0 fully saturated rings. The summed E-state index contributed by atoms with van der Waals surface area (Å²) in [6.07, 6.45) is 2.48. The lowest BCUT2D eigenvalue weighted by atomic mass is 10.2. The molecule has 1 N–H and O–H groups in total. The van der Waals surface area contributed by atoms with Crippen molar-refractivity contribution in [2.24, 2.45) is 7.05 Å². The number of nitrogens with zero attached hydrogens (tertiary/aromatic N) is 3. The second kappa shape index (κ2) is 8.86. The summed E-state index contributed by atoms with van der Waals surface area (Å²) in [7, 11) is -2.11. The third kappa shape index (κ3) is 4.81. The molecule has 0 saturated carbocycles. The standard InChI is InChI=1S/C20H25FN4O4S/c1-4-5-11-29-20(26)23-30(27,28)12-9-17-14(2)22-24(3)19(17)25-10-8-15-13-16(21)6-7-18(15)25/h6-8,10,13H,4-5,9,11-12H2,1-3H3,(H,23,26). The van der Waals surface area contributed by atoms with Crippen molar-refractivity contribution in [1.29, 1.82) is 0 Å². The number of sulfonamides is 1. The van der Waals surface area contributed by atoms with Crippen molar-refractivity contribution in [1.82, 2.24) is 19.1 Å². The van der Waals surface area contributed by atoms with Gasteiger partial charge < -0.3 is 9.30 Å². The first-order chi connectivity index (χ1) is 14.2. The predicted molar refractivity (Wildman–Crippen MR) is 112 cm³/mol. The number of unbranched alkanes of at least 4 members (excludes halogenated alkanes) is 1. The van der Waals surface area contributed by atoms with E-state index >= 15 is 0 Å². The summed E-state index contributed by atoms with van der Waals surface area (Å²) in [6, 6.07) is 6.27. The number of benzene rings is 1. The number of carbonyl (C=O) groups excluding carboxylic acids is 1. The number of aromatic nitrogens is 3. The number of amides is 1. The lowest BCUT2D eigenvalue weighted by Crippen LogP contribution is -2.33. The molecule has 8 nitrogen and oxygen atoms in total. The quantitative estimate of drug-likeness (QED) is 0.547. The van der Waals surface area contributed by atoms with Crippen LogP contribution in [0.4, 0.5) is 9.18 Å². The van der Waals surface area contributed by atoms with E-state index < -0.39 is 16.1 Å². The normalized spacial score (nSPS) is 11.7. The lowest BCUT2D eigenvalue weighted by molar-refractivity contribution is 0.151. The molecule has 0 aliphatic rings. The number of hydrogen-bond acceptors (Lipinski definition) is 5. The summed E-state index contributed by atoms with van der Waals surface area (Å²) >= 11 is 0. The summed E-state index contributed by atoms with van der Waals surface area (Å²) < 4.78 is 48.5. The van der Waals surface area contributed by atoms with Crippen molar-refractivity contribution in [3.8, 4) is 5.82 Å². The van der Waals surface area contributed by atoms with E-state index in [0.29, 0.717) is 17.9 Å². The van der Waals surface area contributed by atoms with Crippen molar-refractivity contribution in [3.63, 3.8) is 0 Å². The Morgan fingerprint density at radius 2 is 2.07 bits per heavy atom. The van der Waals surface area contributed by atoms with Gasteiger partial charge in [-0.3, -0.25) is 4.68 Å². The van der Waals surface area contributed by atoms with Crippen molar-refractivity contribution >= 4 is 27.0 Å². The highest BCUT2D eigenvalue weighted by atomic mass is 32.2. The van der Waals surface area contributed by atoms with E-state index in [4.69, 9.17) is 4.74 Å². The van der Waals surface area contributed by atoms with Crippen LogP contribution in [-0.4, -0.2) is 41.2 Å². The molecule has 2 heterocycles. The average molecular weight is 437 g/mol. The molecule has 162 valence electrons. The maximum atomic E-state index is 13.5. The zero-order valence-corrected chi connectivity index (χ0v) is 18.0. The Hall–Kier alpha value is -2.88. The molecule has 3 aromatic rings. The van der Waals surface area contributed by atoms with Crippen molar-refractivity contribution in [2.45, 2.75) is 33.1 Å². The predicted octanol–water partition coefficient (Wildman–Crippen LogP) is 3.21. The Labute approximate surface area is 174 Å². The molecule has 3 rings (SSSR count). The van der Waals surface area contributed by atoms with Gasteiger partial charge in [0.05, 0.1) is 23.6 Å². The molecule has 1 aromatic carbocycles. The summed E-state index contributed by atoms with van der Waals surface area (Å²) in [5.74, 6) is 0.0583. The summed E-state index contributed by atoms with van der Waals surface area (Å²) in [5, 5.41) is 5.14. The van der Waals surface area contributed by atoms with Crippen molar-refractivity contribution in [2.75, 3.05) is 12.4 Å². The molecular weight excluding hydrogens is 411 g/mol. The molecule has 0 atom stereocenters. The van der Waals surface area contributed by atoms with Gasteiger partial charge in [0, 0.05) is 24.2 Å². The number of fused-ring (bicyclic) bond motifs is 1. The van der Waals surface area contributed by atoms with E-state index in [2.05, 4.69) is 5.10 Å². The number of aryl methyl sites for hydroxylation is 2. The Morgan fingerprint density at radius 3 is 2.80 bits per heavy atom. The summed E-state index contributed by atoms with van der Waals surface area (Å²) in [6.45, 7) is 3.91. The molecule has 0 spiro atoms. The van der Waals surface area contributed by atoms with E-state index in [1.807, 2.05) is 16.2 Å². The maximum Gasteiger partial charge on any atom is 0.420 e. The van der Waals surface area contributed by atoms with Gasteiger partial charge in [-0.25, -0.2) is 22.3 Å². The van der Waals surface area contributed by atoms with Gasteiger partial charge in [0.2, 0.25) is 10.0 Å². The van der Waals surface area contributed by atoms with E-state index in [-0.39, 0.29) is 24.6 Å². The fraction of sp³-hybridized carbons (Fsp3) is 0.400. The first-order valence-electron chi connectivity index (χ1n) is 9.68. The molecule has 0 aliphatic heterocycles. The molecule has 0 saturated heterocycles. The number of hydrogen-bond donors (Lipinski definition) is 1. The largest absolute Gasteiger partial charge is 0.449 e. The number of nitrogens with one attached hydrogen (secondary N) is 1. The smallest absolute Gasteiger partial charge is 0.420 e. The number of ether oxygens (including phenoxy) is 1. The number of carbonyl (C=O) groups is 1. The van der Waals surface area contributed by atoms with Crippen LogP contribution in [0.15, 0.2) is 30.5 Å². The van der Waals surface area contributed by atoms with Crippen LogP contribution in [-0.2, 0) is 28.2 Å². The van der Waals surface area contributed by atoms with E-state index in [0.717, 1.165) is 22.9 Å². The zero-order valence-electron chi connectivity index (χ0n) is 17.2. The Kier molecular flexibility index (Phi) is 6.45. The Balaban J connectivity index is 1.81. The van der Waals surface area contributed by atoms with E-state index in [1.165, 1.54) is 12.1 Å². The lowest BCUT2D eigenvalue weighted by Gasteiger charge is -2.11. The Morgan fingerprint density at radius 1 is 1.30 bits per heavy atom. The third-order valence-corrected chi connectivity index (χ3v) is 6.00. The number of halogens is 1. The SMILES string of the molecule is CCCCOC(=O)NS(=O)(=O)CCc1c(C)nn(C)c1-n1ccc2cc(F)ccc21. The second-order valence-electron chi connectivity index (χ2n) is 7.06. The molecule has 0 radical (unpaired) electrons. The van der Waals surface area contributed by atoms with Gasteiger partial charge in [-0.15, -0.1) is 0 Å². The third-order valence-electron chi connectivity index (χ3n) is 4.78. The van der Waals surface area contributed by atoms with E-state index in [9.17, 15) is 17.6 Å². The van der Waals surface area contributed by atoms with Crippen molar-refractivity contribution < 1.29 is 22.3 Å². The zero-order chi connectivity index (χ0) is 21.9. The van der Waals surface area contributed by atoms with Gasteiger partial charge in [-0.2, -0.15) is 5.10 Å². The monoisotopic (exact) mass is 436 g/mol. The molecular formula is C20H25FN4O4S. The second-order valence-corrected chi connectivity index (χ2v) is 8.90. The molecule has 1 amide bonds. The van der Waals surface area contributed by atoms with Gasteiger partial charge >= 0.3 is 6.09 Å². The van der Waals surface area contributed by atoms with Gasteiger partial charge in [-0.1, -0.05) is 13.3 Å². The van der Waals surface area contributed by atoms with Crippen LogP contribution in [0.1, 0.15) is 31.0 Å². The summed E-state index contributed by atoms with van der Waals surface area (Å²) in [5.41, 5.74) is 2.18. The van der Waals surface area contributed by atoms with Crippen LogP contribution >= 0.6 is 0 Å². The van der Waals surface area contributed by atoms with Crippen LogP contribution in [0.2, 0.25) is 0 Å². The fourth-order valence-electron chi connectivity index (χ4n) is 3.34. The van der Waals surface area contributed by atoms with Crippen molar-refractivity contribution in [3.05, 3.63) is 47.5 Å². The molecule has 0 bridgehead atoms. The molecule has 30 heavy (non-hydrogen) atoms.